The Bertz CT molecular complexity index is 867. The molecule has 6 heteroatoms. The molecule has 3 rings (SSSR count). The fourth-order valence-electron chi connectivity index (χ4n) is 2.33. The summed E-state index contributed by atoms with van der Waals surface area (Å²) in [4.78, 5) is 17.6. The van der Waals surface area contributed by atoms with Gasteiger partial charge in [0.25, 0.3) is 5.91 Å². The minimum Gasteiger partial charge on any atom is -0.346 e. The molecule has 0 unspecified atom stereocenters. The van der Waals surface area contributed by atoms with E-state index in [0.717, 1.165) is 26.4 Å². The minimum absolute atomic E-state index is 0.136. The third-order valence-corrected chi connectivity index (χ3v) is 6.06. The number of thiophene rings is 1. The van der Waals surface area contributed by atoms with Gasteiger partial charge in [-0.2, -0.15) is 0 Å². The van der Waals surface area contributed by atoms with Gasteiger partial charge in [-0.25, -0.2) is 9.37 Å². The SMILES string of the molecule is Cc1c(C(=O)NCc2csc(C(C)C)n2)sc2ccc(F)cc12. The van der Waals surface area contributed by atoms with E-state index in [2.05, 4.69) is 24.1 Å². The molecule has 23 heavy (non-hydrogen) atoms. The number of hydrogen-bond donors (Lipinski definition) is 1. The van der Waals surface area contributed by atoms with Gasteiger partial charge in [-0.3, -0.25) is 4.79 Å². The highest BCUT2D eigenvalue weighted by atomic mass is 32.1. The first-order valence-corrected chi connectivity index (χ1v) is 9.06. The van der Waals surface area contributed by atoms with Crippen LogP contribution in [0.3, 0.4) is 0 Å². The van der Waals surface area contributed by atoms with Crippen LogP contribution < -0.4 is 5.32 Å². The summed E-state index contributed by atoms with van der Waals surface area (Å²) in [6.45, 7) is 6.46. The average Bonchev–Trinajstić information content (AvgIpc) is 3.11. The third-order valence-electron chi connectivity index (χ3n) is 3.60. The van der Waals surface area contributed by atoms with E-state index in [1.165, 1.54) is 23.5 Å². The van der Waals surface area contributed by atoms with Gasteiger partial charge in [0.05, 0.1) is 22.1 Å². The van der Waals surface area contributed by atoms with Gasteiger partial charge >= 0.3 is 0 Å². The lowest BCUT2D eigenvalue weighted by Gasteiger charge is -2.02. The number of nitrogens with zero attached hydrogens (tertiary/aromatic N) is 1. The number of halogens is 1. The molecule has 1 aromatic carbocycles. The second-order valence-electron chi connectivity index (χ2n) is 5.71. The highest BCUT2D eigenvalue weighted by Gasteiger charge is 2.16. The van der Waals surface area contributed by atoms with Crippen LogP contribution in [0.25, 0.3) is 10.1 Å². The lowest BCUT2D eigenvalue weighted by molar-refractivity contribution is 0.0954. The summed E-state index contributed by atoms with van der Waals surface area (Å²) in [7, 11) is 0. The maximum Gasteiger partial charge on any atom is 0.261 e. The highest BCUT2D eigenvalue weighted by Crippen LogP contribution is 2.31. The first-order valence-electron chi connectivity index (χ1n) is 7.37. The lowest BCUT2D eigenvalue weighted by Crippen LogP contribution is -2.22. The summed E-state index contributed by atoms with van der Waals surface area (Å²) in [6.07, 6.45) is 0. The summed E-state index contributed by atoms with van der Waals surface area (Å²) in [5.41, 5.74) is 1.69. The molecule has 0 fully saturated rings. The first-order chi connectivity index (χ1) is 11.0. The van der Waals surface area contributed by atoms with Crippen molar-refractivity contribution in [2.75, 3.05) is 0 Å². The van der Waals surface area contributed by atoms with E-state index in [1.54, 1.807) is 17.4 Å². The molecule has 3 aromatic rings. The molecule has 0 atom stereocenters. The van der Waals surface area contributed by atoms with Crippen LogP contribution in [0.4, 0.5) is 4.39 Å². The number of benzene rings is 1. The first kappa shape index (κ1) is 16.1. The Morgan fingerprint density at radius 1 is 1.39 bits per heavy atom. The predicted molar refractivity (Wildman–Crippen MR) is 93.9 cm³/mol. The van der Waals surface area contributed by atoms with E-state index in [4.69, 9.17) is 0 Å². The number of carbonyl (C=O) groups excluding carboxylic acids is 1. The maximum atomic E-state index is 13.4. The van der Waals surface area contributed by atoms with Crippen LogP contribution in [0.2, 0.25) is 0 Å². The molecule has 1 N–H and O–H groups in total. The molecule has 0 aliphatic carbocycles. The van der Waals surface area contributed by atoms with Crippen molar-refractivity contribution in [3.05, 3.63) is 50.5 Å². The second kappa shape index (κ2) is 6.37. The van der Waals surface area contributed by atoms with Crippen molar-refractivity contribution in [2.24, 2.45) is 0 Å². The van der Waals surface area contributed by atoms with Gasteiger partial charge in [0.1, 0.15) is 5.82 Å². The molecule has 1 amide bonds. The summed E-state index contributed by atoms with van der Waals surface area (Å²) < 4.78 is 14.3. The molecule has 0 bridgehead atoms. The molecular weight excluding hydrogens is 331 g/mol. The summed E-state index contributed by atoms with van der Waals surface area (Å²) in [5.74, 6) is -0.0264. The molecule has 0 saturated heterocycles. The maximum absolute atomic E-state index is 13.4. The summed E-state index contributed by atoms with van der Waals surface area (Å²) in [6, 6.07) is 4.62. The molecule has 0 radical (unpaired) electrons. The smallest absolute Gasteiger partial charge is 0.261 e. The molecule has 0 aliphatic heterocycles. The highest BCUT2D eigenvalue weighted by molar-refractivity contribution is 7.21. The van der Waals surface area contributed by atoms with Gasteiger partial charge in [0.2, 0.25) is 0 Å². The van der Waals surface area contributed by atoms with E-state index < -0.39 is 0 Å². The van der Waals surface area contributed by atoms with Crippen molar-refractivity contribution < 1.29 is 9.18 Å². The van der Waals surface area contributed by atoms with Crippen molar-refractivity contribution in [2.45, 2.75) is 33.2 Å². The van der Waals surface area contributed by atoms with Crippen molar-refractivity contribution in [3.8, 4) is 0 Å². The van der Waals surface area contributed by atoms with Crippen molar-refractivity contribution in [1.82, 2.24) is 10.3 Å². The second-order valence-corrected chi connectivity index (χ2v) is 7.65. The zero-order chi connectivity index (χ0) is 16.6. The number of fused-ring (bicyclic) bond motifs is 1. The van der Waals surface area contributed by atoms with Crippen molar-refractivity contribution >= 4 is 38.7 Å². The minimum atomic E-state index is -0.283. The monoisotopic (exact) mass is 348 g/mol. The van der Waals surface area contributed by atoms with E-state index in [-0.39, 0.29) is 11.7 Å². The zero-order valence-electron chi connectivity index (χ0n) is 13.1. The van der Waals surface area contributed by atoms with Crippen LogP contribution >= 0.6 is 22.7 Å². The molecule has 3 nitrogen and oxygen atoms in total. The Labute approximate surface area is 142 Å². The average molecular weight is 348 g/mol. The van der Waals surface area contributed by atoms with Crippen LogP contribution in [0, 0.1) is 12.7 Å². The number of aryl methyl sites for hydroxylation is 1. The number of aromatic nitrogens is 1. The van der Waals surface area contributed by atoms with Crippen LogP contribution in [-0.4, -0.2) is 10.9 Å². The molecule has 2 aromatic heterocycles. The number of carbonyl (C=O) groups is 1. The normalized spacial score (nSPS) is 11.3. The van der Waals surface area contributed by atoms with Gasteiger partial charge in [-0.15, -0.1) is 22.7 Å². The van der Waals surface area contributed by atoms with Gasteiger partial charge < -0.3 is 5.32 Å². The van der Waals surface area contributed by atoms with Crippen LogP contribution in [0.5, 0.6) is 0 Å². The Morgan fingerprint density at radius 3 is 2.87 bits per heavy atom. The molecule has 2 heterocycles. The number of rotatable bonds is 4. The zero-order valence-corrected chi connectivity index (χ0v) is 14.8. The fraction of sp³-hybridized carbons (Fsp3) is 0.294. The number of hydrogen-bond acceptors (Lipinski definition) is 4. The third kappa shape index (κ3) is 3.28. The topological polar surface area (TPSA) is 42.0 Å². The van der Waals surface area contributed by atoms with Crippen LogP contribution in [-0.2, 0) is 6.54 Å². The molecular formula is C17H17FN2OS2. The van der Waals surface area contributed by atoms with Crippen molar-refractivity contribution in [1.29, 1.82) is 0 Å². The van der Waals surface area contributed by atoms with Gasteiger partial charge in [0.15, 0.2) is 0 Å². The van der Waals surface area contributed by atoms with Gasteiger partial charge in [-0.05, 0) is 36.1 Å². The molecule has 0 aliphatic rings. The standard InChI is InChI=1S/C17H17FN2OS2/c1-9(2)17-20-12(8-22-17)7-19-16(21)15-10(3)13-6-11(18)4-5-14(13)23-15/h4-6,8-9H,7H2,1-3H3,(H,19,21). The van der Waals surface area contributed by atoms with Crippen LogP contribution in [0.1, 0.15) is 45.7 Å². The molecule has 0 saturated carbocycles. The van der Waals surface area contributed by atoms with E-state index >= 15 is 0 Å². The Kier molecular flexibility index (Phi) is 4.46. The number of nitrogens with one attached hydrogen (secondary N) is 1. The Morgan fingerprint density at radius 2 is 2.17 bits per heavy atom. The number of amides is 1. The quantitative estimate of drug-likeness (QED) is 0.732. The molecule has 120 valence electrons. The lowest BCUT2D eigenvalue weighted by atomic mass is 10.1. The summed E-state index contributed by atoms with van der Waals surface area (Å²) in [5, 5.41) is 6.75. The fourth-order valence-corrected chi connectivity index (χ4v) is 4.27. The van der Waals surface area contributed by atoms with Gasteiger partial charge in [0, 0.05) is 16.0 Å². The van der Waals surface area contributed by atoms with Gasteiger partial charge in [-0.1, -0.05) is 13.8 Å². The van der Waals surface area contributed by atoms with E-state index in [0.29, 0.717) is 17.3 Å². The van der Waals surface area contributed by atoms with Crippen molar-refractivity contribution in [3.63, 3.8) is 0 Å². The Hall–Kier alpha value is -1.79. The largest absolute Gasteiger partial charge is 0.346 e. The number of thiazole rings is 1. The summed E-state index contributed by atoms with van der Waals surface area (Å²) >= 11 is 3.00. The molecule has 0 spiro atoms. The predicted octanol–water partition coefficient (Wildman–Crippen LogP) is 4.86. The van der Waals surface area contributed by atoms with Crippen LogP contribution in [0.15, 0.2) is 23.6 Å². The Balaban J connectivity index is 1.76. The van der Waals surface area contributed by atoms with E-state index in [1.807, 2.05) is 12.3 Å². The van der Waals surface area contributed by atoms with E-state index in [9.17, 15) is 9.18 Å².